The molecule has 5 heteroatoms. The second-order valence-electron chi connectivity index (χ2n) is 12.6. The standard InChI is InChI=1S/C35H33BN2O2/c1-33(2)28-13-9-7-11-25(28)27-21-23(17-20-29(27)33)32-37-30-14-10-8-12-26(30)31(38-32)22-15-18-24(19-16-22)36-39-34(3,4)35(5,6)40-36/h7-21H,1-6H3. The first-order chi connectivity index (χ1) is 19.0. The number of benzene rings is 4. The highest BCUT2D eigenvalue weighted by atomic mass is 16.7. The van der Waals surface area contributed by atoms with Crippen molar-refractivity contribution in [1.82, 2.24) is 9.97 Å². The Hall–Kier alpha value is -3.80. The van der Waals surface area contributed by atoms with Crippen LogP contribution in [0.4, 0.5) is 0 Å². The van der Waals surface area contributed by atoms with E-state index in [1.54, 1.807) is 0 Å². The maximum Gasteiger partial charge on any atom is 0.494 e. The van der Waals surface area contributed by atoms with Crippen molar-refractivity contribution < 1.29 is 9.31 Å². The van der Waals surface area contributed by atoms with E-state index in [0.29, 0.717) is 0 Å². The minimum Gasteiger partial charge on any atom is -0.399 e. The molecule has 40 heavy (non-hydrogen) atoms. The van der Waals surface area contributed by atoms with Crippen LogP contribution in [0.15, 0.2) is 91.0 Å². The third kappa shape index (κ3) is 3.76. The molecular formula is C35H33BN2O2. The van der Waals surface area contributed by atoms with Crippen LogP contribution in [-0.4, -0.2) is 28.3 Å². The SMILES string of the molecule is CC1(C)c2ccccc2-c2cc(-c3nc(-c4ccc(B5OC(C)(C)C(C)(C)O5)cc4)c4ccccc4n3)ccc21. The van der Waals surface area contributed by atoms with Gasteiger partial charge in [-0.3, -0.25) is 0 Å². The number of rotatable bonds is 3. The highest BCUT2D eigenvalue weighted by molar-refractivity contribution is 6.62. The third-order valence-electron chi connectivity index (χ3n) is 9.15. The van der Waals surface area contributed by atoms with Crippen molar-refractivity contribution in [2.45, 2.75) is 58.2 Å². The third-order valence-corrected chi connectivity index (χ3v) is 9.15. The smallest absolute Gasteiger partial charge is 0.399 e. The fourth-order valence-electron chi connectivity index (χ4n) is 6.06. The summed E-state index contributed by atoms with van der Waals surface area (Å²) in [6.45, 7) is 12.9. The van der Waals surface area contributed by atoms with Gasteiger partial charge in [-0.15, -0.1) is 0 Å². The summed E-state index contributed by atoms with van der Waals surface area (Å²) in [7, 11) is -0.393. The van der Waals surface area contributed by atoms with E-state index in [0.717, 1.165) is 39.0 Å². The lowest BCUT2D eigenvalue weighted by molar-refractivity contribution is 0.00578. The number of fused-ring (bicyclic) bond motifs is 4. The van der Waals surface area contributed by atoms with E-state index in [-0.39, 0.29) is 16.6 Å². The Morgan fingerprint density at radius 1 is 0.600 bits per heavy atom. The second kappa shape index (κ2) is 8.60. The molecule has 0 radical (unpaired) electrons. The molecular weight excluding hydrogens is 491 g/mol. The second-order valence-corrected chi connectivity index (χ2v) is 12.6. The van der Waals surface area contributed by atoms with Gasteiger partial charge in [0.05, 0.1) is 22.4 Å². The minimum atomic E-state index is -0.393. The van der Waals surface area contributed by atoms with Crippen molar-refractivity contribution in [3.8, 4) is 33.8 Å². The van der Waals surface area contributed by atoms with Crippen molar-refractivity contribution in [2.24, 2.45) is 0 Å². The predicted octanol–water partition coefficient (Wildman–Crippen LogP) is 7.57. The molecule has 1 aliphatic carbocycles. The van der Waals surface area contributed by atoms with Gasteiger partial charge in [-0.25, -0.2) is 9.97 Å². The summed E-state index contributed by atoms with van der Waals surface area (Å²) in [5, 5.41) is 1.03. The molecule has 7 rings (SSSR count). The van der Waals surface area contributed by atoms with Gasteiger partial charge in [0.25, 0.3) is 0 Å². The van der Waals surface area contributed by atoms with Crippen LogP contribution in [-0.2, 0) is 14.7 Å². The lowest BCUT2D eigenvalue weighted by atomic mass is 9.78. The highest BCUT2D eigenvalue weighted by Gasteiger charge is 2.51. The van der Waals surface area contributed by atoms with Crippen LogP contribution in [0, 0.1) is 0 Å². The topological polar surface area (TPSA) is 44.2 Å². The lowest BCUT2D eigenvalue weighted by Crippen LogP contribution is -2.41. The van der Waals surface area contributed by atoms with Gasteiger partial charge >= 0.3 is 7.12 Å². The zero-order valence-electron chi connectivity index (χ0n) is 23.9. The van der Waals surface area contributed by atoms with E-state index in [4.69, 9.17) is 19.3 Å². The number of hydrogen-bond donors (Lipinski definition) is 0. The summed E-state index contributed by atoms with van der Waals surface area (Å²) in [4.78, 5) is 10.2. The van der Waals surface area contributed by atoms with Gasteiger partial charge in [0.1, 0.15) is 0 Å². The Morgan fingerprint density at radius 3 is 1.98 bits per heavy atom. The molecule has 4 aromatic carbocycles. The Balaban J connectivity index is 1.31. The van der Waals surface area contributed by atoms with Gasteiger partial charge in [-0.05, 0) is 67.5 Å². The summed E-state index contributed by atoms with van der Waals surface area (Å²) in [5.74, 6) is 0.730. The van der Waals surface area contributed by atoms with E-state index in [1.165, 1.54) is 22.3 Å². The fraction of sp³-hybridized carbons (Fsp3) is 0.257. The number of hydrogen-bond acceptors (Lipinski definition) is 4. The summed E-state index contributed by atoms with van der Waals surface area (Å²) in [6.07, 6.45) is 0. The molecule has 1 saturated heterocycles. The summed E-state index contributed by atoms with van der Waals surface area (Å²) < 4.78 is 12.5. The van der Waals surface area contributed by atoms with Gasteiger partial charge in [0, 0.05) is 21.9 Å². The Labute approximate surface area is 236 Å². The zero-order valence-corrected chi connectivity index (χ0v) is 23.9. The van der Waals surface area contributed by atoms with Crippen molar-refractivity contribution in [1.29, 1.82) is 0 Å². The molecule has 0 unspecified atom stereocenters. The molecule has 0 bridgehead atoms. The number of nitrogens with zero attached hydrogens (tertiary/aromatic N) is 2. The molecule has 2 heterocycles. The maximum absolute atomic E-state index is 6.27. The van der Waals surface area contributed by atoms with Crippen LogP contribution in [0.2, 0.25) is 0 Å². The van der Waals surface area contributed by atoms with Gasteiger partial charge in [-0.1, -0.05) is 92.7 Å². The van der Waals surface area contributed by atoms with E-state index in [9.17, 15) is 0 Å². The van der Waals surface area contributed by atoms with Crippen LogP contribution in [0.1, 0.15) is 52.7 Å². The molecule has 0 spiro atoms. The van der Waals surface area contributed by atoms with Crippen LogP contribution in [0.25, 0.3) is 44.7 Å². The first-order valence-electron chi connectivity index (χ1n) is 14.0. The van der Waals surface area contributed by atoms with Crippen molar-refractivity contribution in [2.75, 3.05) is 0 Å². The highest BCUT2D eigenvalue weighted by Crippen LogP contribution is 2.49. The summed E-state index contributed by atoms with van der Waals surface area (Å²) in [5.41, 5.74) is 9.40. The van der Waals surface area contributed by atoms with Crippen LogP contribution in [0.5, 0.6) is 0 Å². The fourth-order valence-corrected chi connectivity index (χ4v) is 6.06. The lowest BCUT2D eigenvalue weighted by Gasteiger charge is -2.32. The molecule has 0 amide bonds. The molecule has 0 atom stereocenters. The average molecular weight is 524 g/mol. The number of aromatic nitrogens is 2. The summed E-state index contributed by atoms with van der Waals surface area (Å²) >= 11 is 0. The molecule has 2 aliphatic rings. The van der Waals surface area contributed by atoms with Crippen molar-refractivity contribution in [3.05, 3.63) is 102 Å². The number of para-hydroxylation sites is 1. The van der Waals surface area contributed by atoms with E-state index in [2.05, 4.69) is 120 Å². The van der Waals surface area contributed by atoms with E-state index in [1.807, 2.05) is 12.1 Å². The molecule has 0 N–H and O–H groups in total. The average Bonchev–Trinajstić information content (AvgIpc) is 3.32. The molecule has 0 saturated carbocycles. The monoisotopic (exact) mass is 524 g/mol. The molecule has 1 aliphatic heterocycles. The van der Waals surface area contributed by atoms with Crippen LogP contribution >= 0.6 is 0 Å². The van der Waals surface area contributed by atoms with Crippen LogP contribution in [0.3, 0.4) is 0 Å². The maximum atomic E-state index is 6.27. The van der Waals surface area contributed by atoms with Gasteiger partial charge in [-0.2, -0.15) is 0 Å². The van der Waals surface area contributed by atoms with Gasteiger partial charge < -0.3 is 9.31 Å². The predicted molar refractivity (Wildman–Crippen MR) is 164 cm³/mol. The van der Waals surface area contributed by atoms with Gasteiger partial charge in [0.15, 0.2) is 5.82 Å². The van der Waals surface area contributed by atoms with Crippen molar-refractivity contribution in [3.63, 3.8) is 0 Å². The Bertz CT molecular complexity index is 1770. The Morgan fingerprint density at radius 2 is 1.23 bits per heavy atom. The van der Waals surface area contributed by atoms with Crippen molar-refractivity contribution >= 4 is 23.5 Å². The first-order valence-corrected chi connectivity index (χ1v) is 14.0. The van der Waals surface area contributed by atoms with E-state index < -0.39 is 7.12 Å². The quantitative estimate of drug-likeness (QED) is 0.228. The Kier molecular flexibility index (Phi) is 5.42. The van der Waals surface area contributed by atoms with E-state index >= 15 is 0 Å². The zero-order chi connectivity index (χ0) is 27.9. The minimum absolute atomic E-state index is 0.0290. The molecule has 1 fully saturated rings. The molecule has 1 aromatic heterocycles. The van der Waals surface area contributed by atoms with Crippen LogP contribution < -0.4 is 5.46 Å². The first kappa shape index (κ1) is 25.2. The molecule has 5 aromatic rings. The molecule has 198 valence electrons. The normalized spacial score (nSPS) is 18.1. The summed E-state index contributed by atoms with van der Waals surface area (Å²) in [6, 6.07) is 32.0. The largest absolute Gasteiger partial charge is 0.494 e. The molecule has 4 nitrogen and oxygen atoms in total. The van der Waals surface area contributed by atoms with Gasteiger partial charge in [0.2, 0.25) is 0 Å².